The van der Waals surface area contributed by atoms with E-state index in [0.717, 1.165) is 0 Å². The van der Waals surface area contributed by atoms with E-state index in [1.807, 2.05) is 0 Å². The quantitative estimate of drug-likeness (QED) is 0.510. The molecule has 0 fully saturated rings. The van der Waals surface area contributed by atoms with Crippen LogP contribution in [0.25, 0.3) is 0 Å². The van der Waals surface area contributed by atoms with Crippen molar-refractivity contribution in [2.75, 3.05) is 28.2 Å². The lowest BCUT2D eigenvalue weighted by atomic mass is 11.3. The molecule has 0 unspecified atom stereocenters. The molecule has 0 saturated carbocycles. The summed E-state index contributed by atoms with van der Waals surface area (Å²) >= 11 is 0. The molecule has 0 bridgehead atoms. The predicted octanol–water partition coefficient (Wildman–Crippen LogP) is 0.586. The van der Waals surface area contributed by atoms with Crippen molar-refractivity contribution in [3.63, 3.8) is 0 Å². The highest BCUT2D eigenvalue weighted by Crippen LogP contribution is 2.23. The van der Waals surface area contributed by atoms with E-state index in [0.29, 0.717) is 0 Å². The second-order valence-electron chi connectivity index (χ2n) is 2.21. The molecule has 0 N–H and O–H groups in total. The molecule has 2 nitrogen and oxygen atoms in total. The number of rotatable bonds is 2. The molecule has 0 aromatic rings. The van der Waals surface area contributed by atoms with Crippen LogP contribution < -0.4 is 0 Å². The first kappa shape index (κ1) is 8.22. The Labute approximate surface area is 52.6 Å². The van der Waals surface area contributed by atoms with Gasteiger partial charge in [0.05, 0.1) is 0 Å². The number of nitrogens with zero attached hydrogens (tertiary/aromatic N) is 2. The van der Waals surface area contributed by atoms with Gasteiger partial charge in [-0.2, -0.15) is 0 Å². The molecule has 0 spiro atoms. The number of hydrogen-bond acceptors (Lipinski definition) is 2. The van der Waals surface area contributed by atoms with Gasteiger partial charge in [0.25, 0.3) is 0 Å². The molecule has 0 rings (SSSR count). The molecule has 0 saturated heterocycles. The minimum Gasteiger partial charge on any atom is -0.281 e. The largest absolute Gasteiger partial charge is 0.281 e. The van der Waals surface area contributed by atoms with Gasteiger partial charge in [0.15, 0.2) is 0 Å². The molecule has 0 aromatic carbocycles. The van der Waals surface area contributed by atoms with Crippen molar-refractivity contribution in [1.82, 2.24) is 9.34 Å². The summed E-state index contributed by atoms with van der Waals surface area (Å²) in [7, 11) is 7.62. The monoisotopic (exact) mass is 134 g/mol. The van der Waals surface area contributed by atoms with E-state index in [1.165, 1.54) is 0 Å². The third kappa shape index (κ3) is 2.51. The zero-order chi connectivity index (χ0) is 6.73. The first-order chi connectivity index (χ1) is 3.55. The van der Waals surface area contributed by atoms with Crippen LogP contribution in [0, 0.1) is 0 Å². The highest BCUT2D eigenvalue weighted by Gasteiger charge is 1.94. The van der Waals surface area contributed by atoms with E-state index < -0.39 is 7.85 Å². The zero-order valence-corrected chi connectivity index (χ0v) is 7.10. The highest BCUT2D eigenvalue weighted by atomic mass is 31.1. The molecule has 0 aromatic heterocycles. The van der Waals surface area contributed by atoms with Gasteiger partial charge in [0, 0.05) is 0 Å². The van der Waals surface area contributed by atoms with Crippen molar-refractivity contribution < 1.29 is 0 Å². The third-order valence-corrected chi connectivity index (χ3v) is 3.10. The molecule has 0 amide bonds. The van der Waals surface area contributed by atoms with Crippen LogP contribution in [0.5, 0.6) is 0 Å². The van der Waals surface area contributed by atoms with Crippen LogP contribution in [0.15, 0.2) is 0 Å². The zero-order valence-electron chi connectivity index (χ0n) is 6.10. The van der Waals surface area contributed by atoms with Gasteiger partial charge in [-0.1, -0.05) is 6.30 Å². The maximum atomic E-state index is 3.99. The SMILES string of the molecule is C=[PH](N(C)C)N(C)C. The molecule has 3 heteroatoms. The smallest absolute Gasteiger partial charge is 0.00551 e. The lowest BCUT2D eigenvalue weighted by Crippen LogP contribution is -2.11. The van der Waals surface area contributed by atoms with Crippen LogP contribution in [0.1, 0.15) is 0 Å². The molecule has 0 aliphatic heterocycles. The molecular weight excluding hydrogens is 119 g/mol. The van der Waals surface area contributed by atoms with Gasteiger partial charge in [-0.15, -0.1) is 0 Å². The van der Waals surface area contributed by atoms with Crippen molar-refractivity contribution in [2.24, 2.45) is 0 Å². The number of hydrogen-bond donors (Lipinski definition) is 0. The predicted molar refractivity (Wildman–Crippen MR) is 42.8 cm³/mol. The third-order valence-electron chi connectivity index (χ3n) is 1.03. The van der Waals surface area contributed by atoms with Gasteiger partial charge in [0.1, 0.15) is 0 Å². The summed E-state index contributed by atoms with van der Waals surface area (Å²) in [5.41, 5.74) is 0. The van der Waals surface area contributed by atoms with Crippen LogP contribution in [0.3, 0.4) is 0 Å². The molecular formula is C5H15N2P. The van der Waals surface area contributed by atoms with E-state index in [9.17, 15) is 0 Å². The summed E-state index contributed by atoms with van der Waals surface area (Å²) in [6.45, 7) is 0. The van der Waals surface area contributed by atoms with E-state index in [4.69, 9.17) is 0 Å². The van der Waals surface area contributed by atoms with Crippen molar-refractivity contribution in [2.45, 2.75) is 0 Å². The van der Waals surface area contributed by atoms with Crippen LogP contribution in [0.2, 0.25) is 0 Å². The summed E-state index contributed by atoms with van der Waals surface area (Å²) < 4.78 is 4.31. The van der Waals surface area contributed by atoms with E-state index in [-0.39, 0.29) is 0 Å². The molecule has 0 radical (unpaired) electrons. The Kier molecular flexibility index (Phi) is 3.38. The Bertz CT molecular complexity index is 78.4. The summed E-state index contributed by atoms with van der Waals surface area (Å²) in [6.07, 6.45) is 3.99. The summed E-state index contributed by atoms with van der Waals surface area (Å²) in [6, 6.07) is 0. The summed E-state index contributed by atoms with van der Waals surface area (Å²) in [4.78, 5) is 0. The van der Waals surface area contributed by atoms with Crippen molar-refractivity contribution in [1.29, 1.82) is 0 Å². The van der Waals surface area contributed by atoms with Crippen molar-refractivity contribution in [3.05, 3.63) is 0 Å². The average Bonchev–Trinajstić information content (AvgIpc) is 1.64. The van der Waals surface area contributed by atoms with Crippen molar-refractivity contribution in [3.8, 4) is 0 Å². The lowest BCUT2D eigenvalue weighted by molar-refractivity contribution is 0.592. The topological polar surface area (TPSA) is 6.48 Å². The Morgan fingerprint density at radius 1 is 1.00 bits per heavy atom. The second-order valence-corrected chi connectivity index (χ2v) is 4.83. The minimum atomic E-state index is -0.607. The first-order valence-electron chi connectivity index (χ1n) is 2.59. The average molecular weight is 134 g/mol. The van der Waals surface area contributed by atoms with Gasteiger partial charge in [-0.25, -0.2) is 0 Å². The molecule has 0 aliphatic rings. The van der Waals surface area contributed by atoms with Crippen LogP contribution in [-0.2, 0) is 0 Å². The van der Waals surface area contributed by atoms with Crippen molar-refractivity contribution >= 4 is 14.1 Å². The maximum absolute atomic E-state index is 3.99. The van der Waals surface area contributed by atoms with E-state index in [1.54, 1.807) is 0 Å². The lowest BCUT2D eigenvalue weighted by Gasteiger charge is -2.21. The van der Waals surface area contributed by atoms with Crippen LogP contribution in [-0.4, -0.2) is 43.8 Å². The fraction of sp³-hybridized carbons (Fsp3) is 0.800. The fourth-order valence-electron chi connectivity index (χ4n) is 0.400. The molecule has 0 heterocycles. The maximum Gasteiger partial charge on any atom is -0.00551 e. The second kappa shape index (κ2) is 3.29. The normalized spacial score (nSPS) is 11.9. The Hall–Kier alpha value is 0.220. The summed E-state index contributed by atoms with van der Waals surface area (Å²) in [5, 5.41) is 0. The van der Waals surface area contributed by atoms with Gasteiger partial charge in [-0.05, 0) is 36.0 Å². The minimum absolute atomic E-state index is 0.607. The van der Waals surface area contributed by atoms with Gasteiger partial charge in [0.2, 0.25) is 0 Å². The fourth-order valence-corrected chi connectivity index (χ4v) is 1.20. The van der Waals surface area contributed by atoms with E-state index in [2.05, 4.69) is 43.8 Å². The Balaban J connectivity index is 3.65. The Morgan fingerprint density at radius 3 is 1.25 bits per heavy atom. The molecule has 8 heavy (non-hydrogen) atoms. The first-order valence-corrected chi connectivity index (χ1v) is 4.19. The molecule has 0 aliphatic carbocycles. The Morgan fingerprint density at radius 2 is 1.25 bits per heavy atom. The van der Waals surface area contributed by atoms with Gasteiger partial charge in [-0.3, -0.25) is 9.34 Å². The summed E-state index contributed by atoms with van der Waals surface area (Å²) in [5.74, 6) is 0. The highest BCUT2D eigenvalue weighted by molar-refractivity contribution is 7.50. The van der Waals surface area contributed by atoms with Gasteiger partial charge >= 0.3 is 0 Å². The van der Waals surface area contributed by atoms with Crippen LogP contribution in [0.4, 0.5) is 0 Å². The van der Waals surface area contributed by atoms with Crippen LogP contribution >= 0.6 is 7.85 Å². The molecule has 0 atom stereocenters. The van der Waals surface area contributed by atoms with Gasteiger partial charge < -0.3 is 0 Å². The molecule has 50 valence electrons. The standard InChI is InChI=1S/C5H15N2P/c1-6(2)8(5)7(3)4/h8H,5H2,1-4H3. The van der Waals surface area contributed by atoms with E-state index >= 15 is 0 Å².